The topological polar surface area (TPSA) is 36.9 Å². The second kappa shape index (κ2) is 6.94. The van der Waals surface area contributed by atoms with Crippen LogP contribution >= 0.6 is 0 Å². The van der Waals surface area contributed by atoms with Gasteiger partial charge in [-0.3, -0.25) is 4.99 Å². The van der Waals surface area contributed by atoms with E-state index in [9.17, 15) is 0 Å². The molecule has 114 valence electrons. The molecule has 0 spiro atoms. The Morgan fingerprint density at radius 2 is 2.14 bits per heavy atom. The van der Waals surface area contributed by atoms with Crippen molar-refractivity contribution in [3.63, 3.8) is 0 Å². The molecular formula is C17H25N3O. The number of anilines is 1. The van der Waals surface area contributed by atoms with Gasteiger partial charge in [-0.1, -0.05) is 18.2 Å². The first kappa shape index (κ1) is 14.4. The van der Waals surface area contributed by atoms with Gasteiger partial charge in [0.1, 0.15) is 0 Å². The third kappa shape index (κ3) is 3.38. The van der Waals surface area contributed by atoms with Gasteiger partial charge in [0.25, 0.3) is 0 Å². The van der Waals surface area contributed by atoms with E-state index in [-0.39, 0.29) is 0 Å². The summed E-state index contributed by atoms with van der Waals surface area (Å²) >= 11 is 0. The van der Waals surface area contributed by atoms with E-state index in [1.54, 1.807) is 0 Å². The molecule has 1 N–H and O–H groups in total. The van der Waals surface area contributed by atoms with Gasteiger partial charge in [-0.05, 0) is 43.7 Å². The molecule has 0 unspecified atom stereocenters. The van der Waals surface area contributed by atoms with Crippen molar-refractivity contribution in [2.24, 2.45) is 10.9 Å². The molecule has 4 heteroatoms. The molecule has 2 aliphatic rings. The minimum absolute atomic E-state index is 0.672. The number of benzene rings is 1. The normalized spacial score (nSPS) is 19.7. The molecule has 0 saturated carbocycles. The van der Waals surface area contributed by atoms with Crippen LogP contribution < -0.4 is 10.2 Å². The van der Waals surface area contributed by atoms with Gasteiger partial charge in [0.05, 0.1) is 0 Å². The summed E-state index contributed by atoms with van der Waals surface area (Å²) in [7, 11) is 0. The number of hydrogen-bond donors (Lipinski definition) is 1. The molecule has 2 heterocycles. The Hall–Kier alpha value is -1.55. The Bertz CT molecular complexity index is 495. The predicted molar refractivity (Wildman–Crippen MR) is 87.0 cm³/mol. The first-order valence-electron chi connectivity index (χ1n) is 8.10. The van der Waals surface area contributed by atoms with Crippen LogP contribution in [0.3, 0.4) is 0 Å². The van der Waals surface area contributed by atoms with Crippen molar-refractivity contribution in [3.05, 3.63) is 29.8 Å². The molecule has 1 saturated heterocycles. The standard InChI is InChI=1S/C17H25N3O/c1-2-18-17(19-13-14-8-11-21-12-9-14)20-10-7-15-5-3-4-6-16(15)20/h3-6,14H,2,7-13H2,1H3,(H,18,19). The summed E-state index contributed by atoms with van der Waals surface area (Å²) in [5.41, 5.74) is 2.73. The number of nitrogens with one attached hydrogen (secondary N) is 1. The smallest absolute Gasteiger partial charge is 0.198 e. The molecule has 0 bridgehead atoms. The van der Waals surface area contributed by atoms with E-state index >= 15 is 0 Å². The van der Waals surface area contributed by atoms with Crippen LogP contribution in [0.25, 0.3) is 0 Å². The van der Waals surface area contributed by atoms with E-state index in [0.717, 1.165) is 58.1 Å². The molecule has 1 fully saturated rings. The largest absolute Gasteiger partial charge is 0.381 e. The second-order valence-corrected chi connectivity index (χ2v) is 5.78. The van der Waals surface area contributed by atoms with Crippen LogP contribution in [0.4, 0.5) is 5.69 Å². The van der Waals surface area contributed by atoms with Gasteiger partial charge in [0.15, 0.2) is 5.96 Å². The second-order valence-electron chi connectivity index (χ2n) is 5.78. The minimum Gasteiger partial charge on any atom is -0.381 e. The molecule has 4 nitrogen and oxygen atoms in total. The number of fused-ring (bicyclic) bond motifs is 1. The fourth-order valence-corrected chi connectivity index (χ4v) is 3.10. The number of rotatable bonds is 3. The van der Waals surface area contributed by atoms with Gasteiger partial charge >= 0.3 is 0 Å². The van der Waals surface area contributed by atoms with Crippen LogP contribution in [0.2, 0.25) is 0 Å². The number of ether oxygens (including phenoxy) is 1. The van der Waals surface area contributed by atoms with Crippen molar-refractivity contribution in [1.29, 1.82) is 0 Å². The van der Waals surface area contributed by atoms with Gasteiger partial charge < -0.3 is 15.0 Å². The monoisotopic (exact) mass is 287 g/mol. The summed E-state index contributed by atoms with van der Waals surface area (Å²) in [5, 5.41) is 3.45. The van der Waals surface area contributed by atoms with Gasteiger partial charge in [-0.2, -0.15) is 0 Å². The highest BCUT2D eigenvalue weighted by Crippen LogP contribution is 2.27. The van der Waals surface area contributed by atoms with E-state index in [4.69, 9.17) is 9.73 Å². The molecule has 0 aliphatic carbocycles. The quantitative estimate of drug-likeness (QED) is 0.685. The molecule has 0 atom stereocenters. The Kier molecular flexibility index (Phi) is 4.76. The lowest BCUT2D eigenvalue weighted by atomic mass is 10.0. The Morgan fingerprint density at radius 1 is 1.33 bits per heavy atom. The molecule has 21 heavy (non-hydrogen) atoms. The minimum atomic E-state index is 0.672. The third-order valence-electron chi connectivity index (χ3n) is 4.32. The average molecular weight is 287 g/mol. The SMILES string of the molecule is CCNC(=NCC1CCOCC1)N1CCc2ccccc21. The molecule has 2 aliphatic heterocycles. The highest BCUT2D eigenvalue weighted by atomic mass is 16.5. The zero-order valence-corrected chi connectivity index (χ0v) is 12.8. The summed E-state index contributed by atoms with van der Waals surface area (Å²) in [4.78, 5) is 7.23. The first-order valence-corrected chi connectivity index (χ1v) is 8.10. The van der Waals surface area contributed by atoms with Crippen molar-refractivity contribution in [1.82, 2.24) is 5.32 Å². The Balaban J connectivity index is 1.72. The zero-order chi connectivity index (χ0) is 14.5. The fraction of sp³-hybridized carbons (Fsp3) is 0.588. The van der Waals surface area contributed by atoms with Gasteiger partial charge in [-0.15, -0.1) is 0 Å². The Morgan fingerprint density at radius 3 is 2.95 bits per heavy atom. The molecule has 3 rings (SSSR count). The van der Waals surface area contributed by atoms with E-state index in [1.165, 1.54) is 11.3 Å². The molecule has 0 aromatic heterocycles. The number of para-hydroxylation sites is 1. The van der Waals surface area contributed by atoms with Crippen LogP contribution in [0.1, 0.15) is 25.3 Å². The highest BCUT2D eigenvalue weighted by molar-refractivity contribution is 5.97. The maximum Gasteiger partial charge on any atom is 0.198 e. The maximum atomic E-state index is 5.43. The van der Waals surface area contributed by atoms with Crippen molar-refractivity contribution in [2.45, 2.75) is 26.2 Å². The van der Waals surface area contributed by atoms with Gasteiger partial charge in [0.2, 0.25) is 0 Å². The lowest BCUT2D eigenvalue weighted by Crippen LogP contribution is -2.41. The fourth-order valence-electron chi connectivity index (χ4n) is 3.10. The third-order valence-corrected chi connectivity index (χ3v) is 4.32. The van der Waals surface area contributed by atoms with Crippen LogP contribution in [-0.4, -0.2) is 38.8 Å². The summed E-state index contributed by atoms with van der Waals surface area (Å²) in [6.07, 6.45) is 3.39. The molecular weight excluding hydrogens is 262 g/mol. The molecule has 1 aromatic carbocycles. The molecule has 0 amide bonds. The number of guanidine groups is 1. The molecule has 0 radical (unpaired) electrons. The maximum absolute atomic E-state index is 5.43. The lowest BCUT2D eigenvalue weighted by Gasteiger charge is -2.24. The lowest BCUT2D eigenvalue weighted by molar-refractivity contribution is 0.0689. The van der Waals surface area contributed by atoms with Crippen molar-refractivity contribution >= 4 is 11.6 Å². The van der Waals surface area contributed by atoms with E-state index in [2.05, 4.69) is 41.4 Å². The predicted octanol–water partition coefficient (Wildman–Crippen LogP) is 2.44. The zero-order valence-electron chi connectivity index (χ0n) is 12.8. The number of hydrogen-bond acceptors (Lipinski definition) is 2. The highest BCUT2D eigenvalue weighted by Gasteiger charge is 2.23. The molecule has 1 aromatic rings. The van der Waals surface area contributed by atoms with E-state index < -0.39 is 0 Å². The van der Waals surface area contributed by atoms with Crippen molar-refractivity contribution < 1.29 is 4.74 Å². The van der Waals surface area contributed by atoms with Gasteiger partial charge in [0, 0.05) is 38.5 Å². The summed E-state index contributed by atoms with van der Waals surface area (Å²) in [6.45, 7) is 6.76. The first-order chi connectivity index (χ1) is 10.4. The van der Waals surface area contributed by atoms with Crippen LogP contribution in [-0.2, 0) is 11.2 Å². The van der Waals surface area contributed by atoms with Crippen LogP contribution in [0, 0.1) is 5.92 Å². The van der Waals surface area contributed by atoms with Crippen LogP contribution in [0.15, 0.2) is 29.3 Å². The van der Waals surface area contributed by atoms with E-state index in [1.807, 2.05) is 0 Å². The van der Waals surface area contributed by atoms with E-state index in [0.29, 0.717) is 5.92 Å². The summed E-state index contributed by atoms with van der Waals surface area (Å²) in [6, 6.07) is 8.65. The summed E-state index contributed by atoms with van der Waals surface area (Å²) < 4.78 is 5.43. The van der Waals surface area contributed by atoms with Crippen LogP contribution in [0.5, 0.6) is 0 Å². The Labute approximate surface area is 127 Å². The average Bonchev–Trinajstić information content (AvgIpc) is 2.96. The summed E-state index contributed by atoms with van der Waals surface area (Å²) in [5.74, 6) is 1.71. The van der Waals surface area contributed by atoms with Gasteiger partial charge in [-0.25, -0.2) is 0 Å². The van der Waals surface area contributed by atoms with Crippen molar-refractivity contribution in [3.8, 4) is 0 Å². The van der Waals surface area contributed by atoms with Crippen molar-refractivity contribution in [2.75, 3.05) is 37.7 Å². The number of nitrogens with zero attached hydrogens (tertiary/aromatic N) is 2. The number of aliphatic imine (C=N–C) groups is 1.